The molecule has 1 atom stereocenters. The standard InChI is InChI=1S/C21H44O6/c1-3-5-7-8-10-21(9-6-4-2)27-20-19-26-18-17-25-16-15-24-14-13-23-12-11-22/h21-22H,3-20H2,1-2H3. The molecule has 0 aromatic carbocycles. The van der Waals surface area contributed by atoms with Crippen LogP contribution in [0.4, 0.5) is 0 Å². The maximum absolute atomic E-state index is 8.55. The molecule has 0 saturated heterocycles. The monoisotopic (exact) mass is 392 g/mol. The van der Waals surface area contributed by atoms with Crippen molar-refractivity contribution >= 4 is 0 Å². The summed E-state index contributed by atoms with van der Waals surface area (Å²) in [6.07, 6.45) is 10.4. The fourth-order valence-corrected chi connectivity index (χ4v) is 2.64. The van der Waals surface area contributed by atoms with Crippen LogP contribution in [0.5, 0.6) is 0 Å². The average Bonchev–Trinajstić information content (AvgIpc) is 2.68. The van der Waals surface area contributed by atoms with E-state index in [1.54, 1.807) is 0 Å². The van der Waals surface area contributed by atoms with Crippen molar-refractivity contribution in [1.29, 1.82) is 0 Å². The third-order valence-corrected chi connectivity index (χ3v) is 4.19. The molecule has 0 aromatic rings. The molecule has 0 spiro atoms. The molecule has 0 bridgehead atoms. The van der Waals surface area contributed by atoms with Gasteiger partial charge in [0.2, 0.25) is 0 Å². The van der Waals surface area contributed by atoms with Crippen LogP contribution >= 0.6 is 0 Å². The second-order valence-electron chi connectivity index (χ2n) is 6.66. The molecule has 0 aliphatic carbocycles. The van der Waals surface area contributed by atoms with Crippen LogP contribution in [0, 0.1) is 0 Å². The Morgan fingerprint density at radius 3 is 1.56 bits per heavy atom. The van der Waals surface area contributed by atoms with Gasteiger partial charge < -0.3 is 28.8 Å². The van der Waals surface area contributed by atoms with Crippen LogP contribution in [0.2, 0.25) is 0 Å². The van der Waals surface area contributed by atoms with Gasteiger partial charge in [0.15, 0.2) is 0 Å². The van der Waals surface area contributed by atoms with Crippen molar-refractivity contribution in [3.05, 3.63) is 0 Å². The molecule has 1 unspecified atom stereocenters. The van der Waals surface area contributed by atoms with Crippen molar-refractivity contribution in [2.75, 3.05) is 66.1 Å². The zero-order chi connectivity index (χ0) is 19.8. The van der Waals surface area contributed by atoms with Gasteiger partial charge >= 0.3 is 0 Å². The molecule has 27 heavy (non-hydrogen) atoms. The van der Waals surface area contributed by atoms with E-state index in [9.17, 15) is 0 Å². The van der Waals surface area contributed by atoms with Crippen molar-refractivity contribution in [3.8, 4) is 0 Å². The predicted octanol–water partition coefficient (Wildman–Crippen LogP) is 3.59. The lowest BCUT2D eigenvalue weighted by atomic mass is 10.0. The molecular formula is C21H44O6. The van der Waals surface area contributed by atoms with Gasteiger partial charge in [0.05, 0.1) is 72.2 Å². The van der Waals surface area contributed by atoms with E-state index in [-0.39, 0.29) is 6.61 Å². The normalized spacial score (nSPS) is 12.6. The zero-order valence-corrected chi connectivity index (χ0v) is 17.8. The van der Waals surface area contributed by atoms with Crippen LogP contribution in [-0.4, -0.2) is 77.3 Å². The van der Waals surface area contributed by atoms with Gasteiger partial charge in [0.1, 0.15) is 0 Å². The Balaban J connectivity index is 3.37. The molecule has 6 nitrogen and oxygen atoms in total. The van der Waals surface area contributed by atoms with Gasteiger partial charge in [-0.25, -0.2) is 0 Å². The molecule has 164 valence electrons. The minimum atomic E-state index is 0.0481. The second kappa shape index (κ2) is 23.8. The first kappa shape index (κ1) is 26.8. The minimum absolute atomic E-state index is 0.0481. The van der Waals surface area contributed by atoms with E-state index in [1.807, 2.05) is 0 Å². The lowest BCUT2D eigenvalue weighted by molar-refractivity contribution is -0.0271. The Bertz CT molecular complexity index is 265. The average molecular weight is 393 g/mol. The van der Waals surface area contributed by atoms with Crippen LogP contribution in [0.15, 0.2) is 0 Å². The Morgan fingerprint density at radius 1 is 0.556 bits per heavy atom. The first-order valence-electron chi connectivity index (χ1n) is 10.9. The highest BCUT2D eigenvalue weighted by molar-refractivity contribution is 4.59. The van der Waals surface area contributed by atoms with Crippen molar-refractivity contribution in [2.45, 2.75) is 71.3 Å². The summed E-state index contributed by atoms with van der Waals surface area (Å²) in [5.41, 5.74) is 0. The first-order valence-corrected chi connectivity index (χ1v) is 10.9. The third-order valence-electron chi connectivity index (χ3n) is 4.19. The largest absolute Gasteiger partial charge is 0.394 e. The molecule has 1 N–H and O–H groups in total. The summed E-state index contributed by atoms with van der Waals surface area (Å²) >= 11 is 0. The summed E-state index contributed by atoms with van der Waals surface area (Å²) < 4.78 is 27.5. The summed E-state index contributed by atoms with van der Waals surface area (Å²) in [6, 6.07) is 0. The Morgan fingerprint density at radius 2 is 1.04 bits per heavy atom. The van der Waals surface area contributed by atoms with Gasteiger partial charge in [-0.2, -0.15) is 0 Å². The van der Waals surface area contributed by atoms with Gasteiger partial charge in [0.25, 0.3) is 0 Å². The number of rotatable bonds is 23. The van der Waals surface area contributed by atoms with Crippen LogP contribution in [0.25, 0.3) is 0 Å². The fraction of sp³-hybridized carbons (Fsp3) is 1.00. The summed E-state index contributed by atoms with van der Waals surface area (Å²) in [5.74, 6) is 0. The number of aliphatic hydroxyl groups is 1. The van der Waals surface area contributed by atoms with E-state index in [4.69, 9.17) is 28.8 Å². The van der Waals surface area contributed by atoms with Gasteiger partial charge in [-0.05, 0) is 12.8 Å². The maximum atomic E-state index is 8.55. The molecule has 0 aliphatic heterocycles. The maximum Gasteiger partial charge on any atom is 0.0704 e. The fourth-order valence-electron chi connectivity index (χ4n) is 2.64. The summed E-state index contributed by atoms with van der Waals surface area (Å²) in [4.78, 5) is 0. The van der Waals surface area contributed by atoms with E-state index in [0.29, 0.717) is 65.6 Å². The van der Waals surface area contributed by atoms with E-state index < -0.39 is 0 Å². The number of unbranched alkanes of at least 4 members (excludes halogenated alkanes) is 4. The van der Waals surface area contributed by atoms with Crippen molar-refractivity contribution in [3.63, 3.8) is 0 Å². The number of aliphatic hydroxyl groups excluding tert-OH is 1. The topological polar surface area (TPSA) is 66.4 Å². The summed E-state index contributed by atoms with van der Waals surface area (Å²) in [5, 5.41) is 8.55. The molecule has 0 heterocycles. The molecular weight excluding hydrogens is 348 g/mol. The van der Waals surface area contributed by atoms with E-state index in [2.05, 4.69) is 13.8 Å². The SMILES string of the molecule is CCCCCCC(CCCC)OCCOCCOCCOCCOCCO. The number of hydrogen-bond acceptors (Lipinski definition) is 6. The highest BCUT2D eigenvalue weighted by Gasteiger charge is 2.08. The molecule has 0 saturated carbocycles. The number of ether oxygens (including phenoxy) is 5. The minimum Gasteiger partial charge on any atom is -0.394 e. The molecule has 6 heteroatoms. The molecule has 0 aliphatic rings. The summed E-state index contributed by atoms with van der Waals surface area (Å²) in [7, 11) is 0. The lowest BCUT2D eigenvalue weighted by Crippen LogP contribution is -2.18. The second-order valence-corrected chi connectivity index (χ2v) is 6.66. The lowest BCUT2D eigenvalue weighted by Gasteiger charge is -2.18. The Hall–Kier alpha value is -0.240. The molecule has 0 radical (unpaired) electrons. The van der Waals surface area contributed by atoms with Crippen molar-refractivity contribution < 1.29 is 28.8 Å². The molecule has 0 aromatic heterocycles. The van der Waals surface area contributed by atoms with Gasteiger partial charge in [0, 0.05) is 0 Å². The highest BCUT2D eigenvalue weighted by atomic mass is 16.6. The zero-order valence-electron chi connectivity index (χ0n) is 17.8. The van der Waals surface area contributed by atoms with Crippen LogP contribution in [0.1, 0.15) is 65.2 Å². The quantitative estimate of drug-likeness (QED) is 0.268. The van der Waals surface area contributed by atoms with Gasteiger partial charge in [-0.15, -0.1) is 0 Å². The smallest absolute Gasteiger partial charge is 0.0704 e. The van der Waals surface area contributed by atoms with Gasteiger partial charge in [-0.1, -0.05) is 52.4 Å². The van der Waals surface area contributed by atoms with Crippen molar-refractivity contribution in [1.82, 2.24) is 0 Å². The molecule has 0 amide bonds. The first-order chi connectivity index (χ1) is 13.3. The number of hydrogen-bond donors (Lipinski definition) is 1. The highest BCUT2D eigenvalue weighted by Crippen LogP contribution is 2.14. The van der Waals surface area contributed by atoms with E-state index >= 15 is 0 Å². The van der Waals surface area contributed by atoms with E-state index in [1.165, 1.54) is 44.9 Å². The molecule has 0 rings (SSSR count). The van der Waals surface area contributed by atoms with E-state index in [0.717, 1.165) is 6.42 Å². The predicted molar refractivity (Wildman–Crippen MR) is 108 cm³/mol. The van der Waals surface area contributed by atoms with Crippen LogP contribution in [0.3, 0.4) is 0 Å². The Labute approximate surface area is 166 Å². The molecule has 0 fully saturated rings. The van der Waals surface area contributed by atoms with Gasteiger partial charge in [-0.3, -0.25) is 0 Å². The summed E-state index contributed by atoms with van der Waals surface area (Å²) in [6.45, 7) is 9.45. The third kappa shape index (κ3) is 21.9. The van der Waals surface area contributed by atoms with Crippen LogP contribution in [-0.2, 0) is 23.7 Å². The Kier molecular flexibility index (Phi) is 23.6. The van der Waals surface area contributed by atoms with Crippen LogP contribution < -0.4 is 0 Å². The van der Waals surface area contributed by atoms with Crippen molar-refractivity contribution in [2.24, 2.45) is 0 Å².